The van der Waals surface area contributed by atoms with Gasteiger partial charge in [-0.2, -0.15) is 9.78 Å². The lowest BCUT2D eigenvalue weighted by molar-refractivity contribution is 0.0937. The lowest BCUT2D eigenvalue weighted by atomic mass is 10.2. The Bertz CT molecular complexity index is 1610. The lowest BCUT2D eigenvalue weighted by Gasteiger charge is -2.07. The highest BCUT2D eigenvalue weighted by atomic mass is 79.9. The molecule has 0 radical (unpaired) electrons. The Morgan fingerprint density at radius 2 is 2.06 bits per heavy atom. The predicted octanol–water partition coefficient (Wildman–Crippen LogP) is 4.82. The van der Waals surface area contributed by atoms with Crippen molar-refractivity contribution in [3.8, 4) is 11.3 Å². The van der Waals surface area contributed by atoms with Gasteiger partial charge >= 0.3 is 5.91 Å². The average Bonchev–Trinajstić information content (AvgIpc) is 3.67. The van der Waals surface area contributed by atoms with Crippen LogP contribution >= 0.6 is 50.2 Å². The normalized spacial score (nSPS) is 11.1. The van der Waals surface area contributed by atoms with Gasteiger partial charge in [0.1, 0.15) is 17.8 Å². The first-order valence-corrected chi connectivity index (χ1v) is 13.2. The molecule has 5 aromatic rings. The molecule has 0 spiro atoms. The van der Waals surface area contributed by atoms with Gasteiger partial charge in [0.2, 0.25) is 5.78 Å². The van der Waals surface area contributed by atoms with Gasteiger partial charge in [-0.3, -0.25) is 14.4 Å². The third kappa shape index (κ3) is 5.09. The van der Waals surface area contributed by atoms with Crippen LogP contribution in [0.4, 0.5) is 5.82 Å². The Hall–Kier alpha value is -3.39. The third-order valence-electron chi connectivity index (χ3n) is 5.00. The zero-order valence-corrected chi connectivity index (χ0v) is 22.0. The van der Waals surface area contributed by atoms with E-state index in [2.05, 4.69) is 36.5 Å². The summed E-state index contributed by atoms with van der Waals surface area (Å²) in [6, 6.07) is 8.37. The number of nitrogens with one attached hydrogen (secondary N) is 1. The van der Waals surface area contributed by atoms with Gasteiger partial charge in [0.25, 0.3) is 5.56 Å². The molecule has 0 fully saturated rings. The number of anilines is 1. The Balaban J connectivity index is 1.51. The summed E-state index contributed by atoms with van der Waals surface area (Å²) in [6.45, 7) is 0.206. The van der Waals surface area contributed by atoms with Gasteiger partial charge in [-0.1, -0.05) is 16.8 Å². The number of Topliss-reactive ketones (excluding diaryl/α,β-unsaturated/α-hetero) is 1. The van der Waals surface area contributed by atoms with E-state index in [4.69, 9.17) is 16.1 Å². The third-order valence-corrected chi connectivity index (χ3v) is 7.39. The Labute approximate surface area is 224 Å². The van der Waals surface area contributed by atoms with Crippen LogP contribution in [0.3, 0.4) is 0 Å². The molecule has 0 aliphatic heterocycles. The van der Waals surface area contributed by atoms with Crippen LogP contribution in [0.5, 0.6) is 0 Å². The molecule has 5 aromatic heterocycles. The van der Waals surface area contributed by atoms with Crippen LogP contribution in [-0.4, -0.2) is 36.2 Å². The molecule has 1 N–H and O–H groups in total. The number of rotatable bonds is 8. The maximum atomic E-state index is 13.1. The molecular weight excluding hydrogens is 592 g/mol. The summed E-state index contributed by atoms with van der Waals surface area (Å²) in [7, 11) is 0. The molecule has 36 heavy (non-hydrogen) atoms. The van der Waals surface area contributed by atoms with Crippen molar-refractivity contribution >= 4 is 67.7 Å². The van der Waals surface area contributed by atoms with Crippen molar-refractivity contribution in [2.24, 2.45) is 0 Å². The molecule has 0 amide bonds. The van der Waals surface area contributed by atoms with Crippen LogP contribution in [0.25, 0.3) is 11.3 Å². The van der Waals surface area contributed by atoms with Crippen molar-refractivity contribution in [3.63, 3.8) is 0 Å². The molecule has 10 nitrogen and oxygen atoms in total. The fourth-order valence-electron chi connectivity index (χ4n) is 3.30. The zero-order valence-electron chi connectivity index (χ0n) is 18.1. The van der Waals surface area contributed by atoms with E-state index in [0.717, 1.165) is 4.88 Å². The van der Waals surface area contributed by atoms with E-state index in [1.807, 2.05) is 6.07 Å². The maximum Gasteiger partial charge on any atom is 0.302 e. The molecule has 0 saturated carbocycles. The number of thiazole rings is 1. The molecule has 14 heteroatoms. The number of hydrogen-bond acceptors (Lipinski definition) is 10. The van der Waals surface area contributed by atoms with Crippen molar-refractivity contribution < 1.29 is 14.1 Å². The standard InChI is InChI=1S/C22H14BrClN6O4S2/c23-14-5-12(8-29(21(14)32)9-18(31)17-10-35-11-26-17)16-6-20(25-7-13-1-2-19(24)36-13)30(27-16)22(33)15-3-4-34-28-15/h1-6,8,10-11,25H,7,9H2. The second-order valence-corrected chi connectivity index (χ2v) is 10.8. The van der Waals surface area contributed by atoms with Gasteiger partial charge in [0, 0.05) is 34.2 Å². The van der Waals surface area contributed by atoms with E-state index in [0.29, 0.717) is 28.0 Å². The second kappa shape index (κ2) is 10.3. The average molecular weight is 606 g/mol. The fraction of sp³-hybridized carbons (Fsp3) is 0.0909. The molecule has 0 bridgehead atoms. The summed E-state index contributed by atoms with van der Waals surface area (Å²) in [4.78, 5) is 43.3. The monoisotopic (exact) mass is 604 g/mol. The first-order chi connectivity index (χ1) is 17.4. The van der Waals surface area contributed by atoms with Crippen molar-refractivity contribution in [2.75, 3.05) is 5.32 Å². The van der Waals surface area contributed by atoms with Crippen molar-refractivity contribution in [1.82, 2.24) is 24.5 Å². The first-order valence-electron chi connectivity index (χ1n) is 10.2. The summed E-state index contributed by atoms with van der Waals surface area (Å²) in [5, 5.41) is 13.0. The Kier molecular flexibility index (Phi) is 6.96. The van der Waals surface area contributed by atoms with Crippen molar-refractivity contribution in [2.45, 2.75) is 13.1 Å². The number of ketones is 1. The van der Waals surface area contributed by atoms with Crippen LogP contribution in [0, 0.1) is 0 Å². The molecule has 0 aromatic carbocycles. The minimum absolute atomic E-state index is 0.0758. The molecule has 182 valence electrons. The van der Waals surface area contributed by atoms with Crippen molar-refractivity contribution in [1.29, 1.82) is 0 Å². The Morgan fingerprint density at radius 1 is 1.19 bits per heavy atom. The number of halogens is 2. The number of thiophene rings is 1. The second-order valence-electron chi connectivity index (χ2n) is 7.38. The maximum absolute atomic E-state index is 13.1. The highest BCUT2D eigenvalue weighted by Crippen LogP contribution is 2.26. The van der Waals surface area contributed by atoms with E-state index in [1.165, 1.54) is 50.4 Å². The van der Waals surface area contributed by atoms with Gasteiger partial charge in [0.05, 0.1) is 33.1 Å². The number of carbonyl (C=O) groups excluding carboxylic acids is 2. The quantitative estimate of drug-likeness (QED) is 0.250. The van der Waals surface area contributed by atoms with E-state index in [-0.39, 0.29) is 33.7 Å². The highest BCUT2D eigenvalue weighted by Gasteiger charge is 2.21. The largest absolute Gasteiger partial charge is 0.365 e. The van der Waals surface area contributed by atoms with Crippen LogP contribution < -0.4 is 10.9 Å². The Morgan fingerprint density at radius 3 is 2.75 bits per heavy atom. The molecule has 5 heterocycles. The molecule has 5 rings (SSSR count). The summed E-state index contributed by atoms with van der Waals surface area (Å²) < 4.78 is 8.15. The number of carbonyl (C=O) groups is 2. The highest BCUT2D eigenvalue weighted by molar-refractivity contribution is 9.10. The summed E-state index contributed by atoms with van der Waals surface area (Å²) in [5.41, 5.74) is 2.45. The van der Waals surface area contributed by atoms with Crippen LogP contribution in [-0.2, 0) is 13.1 Å². The first kappa shape index (κ1) is 24.3. The fourth-order valence-corrected chi connectivity index (χ4v) is 5.36. The van der Waals surface area contributed by atoms with E-state index >= 15 is 0 Å². The minimum atomic E-state index is -0.507. The SMILES string of the molecule is O=C(Cn1cc(-c2cc(NCc3ccc(Cl)s3)n(C(=O)c3ccon3)n2)cc(Br)c1=O)c1cscn1. The summed E-state index contributed by atoms with van der Waals surface area (Å²) in [5.74, 6) is -0.408. The van der Waals surface area contributed by atoms with Gasteiger partial charge in [-0.05, 0) is 34.1 Å². The number of aromatic nitrogens is 5. The number of nitrogens with zero attached hydrogens (tertiary/aromatic N) is 5. The summed E-state index contributed by atoms with van der Waals surface area (Å²) >= 11 is 12.0. The van der Waals surface area contributed by atoms with Crippen molar-refractivity contribution in [3.05, 3.63) is 89.1 Å². The van der Waals surface area contributed by atoms with Gasteiger partial charge in [-0.25, -0.2) is 4.98 Å². The molecular formula is C22H14BrClN6O4S2. The predicted molar refractivity (Wildman–Crippen MR) is 139 cm³/mol. The molecule has 0 unspecified atom stereocenters. The minimum Gasteiger partial charge on any atom is -0.365 e. The lowest BCUT2D eigenvalue weighted by Crippen LogP contribution is -2.24. The number of pyridine rings is 1. The van der Waals surface area contributed by atoms with Gasteiger partial charge in [0.15, 0.2) is 5.69 Å². The molecule has 0 atom stereocenters. The van der Waals surface area contributed by atoms with E-state index < -0.39 is 5.91 Å². The zero-order chi connectivity index (χ0) is 25.2. The van der Waals surface area contributed by atoms with Gasteiger partial charge in [-0.15, -0.1) is 22.7 Å². The molecule has 0 aliphatic carbocycles. The van der Waals surface area contributed by atoms with Gasteiger partial charge < -0.3 is 14.4 Å². The van der Waals surface area contributed by atoms with E-state index in [1.54, 1.807) is 29.1 Å². The summed E-state index contributed by atoms with van der Waals surface area (Å²) in [6.07, 6.45) is 2.82. The van der Waals surface area contributed by atoms with Crippen LogP contribution in [0.2, 0.25) is 4.34 Å². The topological polar surface area (TPSA) is 125 Å². The molecule has 0 saturated heterocycles. The smallest absolute Gasteiger partial charge is 0.302 e. The van der Waals surface area contributed by atoms with E-state index in [9.17, 15) is 14.4 Å². The number of hydrogen-bond donors (Lipinski definition) is 1. The molecule has 0 aliphatic rings. The van der Waals surface area contributed by atoms with Crippen LogP contribution in [0.1, 0.15) is 25.9 Å². The van der Waals surface area contributed by atoms with Crippen LogP contribution in [0.15, 0.2) is 67.5 Å².